The highest BCUT2D eigenvalue weighted by Crippen LogP contribution is 2.44. The molecule has 8 heteroatoms. The summed E-state index contributed by atoms with van der Waals surface area (Å²) in [6, 6.07) is 27.2. The highest BCUT2D eigenvalue weighted by atomic mass is 35.5. The molecule has 0 saturated heterocycles. The van der Waals surface area contributed by atoms with Gasteiger partial charge in [0.25, 0.3) is 5.91 Å². The largest absolute Gasteiger partial charge is 0.383 e. The first-order chi connectivity index (χ1) is 18.5. The van der Waals surface area contributed by atoms with Crippen LogP contribution in [0.2, 0.25) is 5.02 Å². The third-order valence-corrected chi connectivity index (χ3v) is 7.60. The van der Waals surface area contributed by atoms with Gasteiger partial charge in [-0.3, -0.25) is 4.79 Å². The molecule has 38 heavy (non-hydrogen) atoms. The summed E-state index contributed by atoms with van der Waals surface area (Å²) in [5, 5.41) is 17.6. The summed E-state index contributed by atoms with van der Waals surface area (Å²) in [4.78, 5) is 18.2. The van der Waals surface area contributed by atoms with Crippen LogP contribution in [0.4, 0.5) is 16.5 Å². The average Bonchev–Trinajstić information content (AvgIpc) is 3.29. The van der Waals surface area contributed by atoms with E-state index >= 15 is 0 Å². The molecule has 0 spiro atoms. The van der Waals surface area contributed by atoms with Gasteiger partial charge in [0.2, 0.25) is 0 Å². The first-order valence-electron chi connectivity index (χ1n) is 12.1. The van der Waals surface area contributed by atoms with Crippen LogP contribution >= 0.6 is 22.9 Å². The number of nitriles is 1. The number of aromatic nitrogens is 1. The zero-order valence-electron chi connectivity index (χ0n) is 20.6. The lowest BCUT2D eigenvalue weighted by Gasteiger charge is -2.10. The molecule has 1 amide bonds. The quantitative estimate of drug-likeness (QED) is 0.202. The highest BCUT2D eigenvalue weighted by Gasteiger charge is 2.26. The van der Waals surface area contributed by atoms with Crippen LogP contribution in [0.1, 0.15) is 34.0 Å². The summed E-state index contributed by atoms with van der Waals surface area (Å²) < 4.78 is 0.690. The minimum absolute atomic E-state index is 0.0682. The van der Waals surface area contributed by atoms with Gasteiger partial charge in [-0.05, 0) is 47.4 Å². The molecule has 0 radical (unpaired) electrons. The number of pyridine rings is 1. The molecule has 0 bridgehead atoms. The van der Waals surface area contributed by atoms with E-state index in [1.165, 1.54) is 16.9 Å². The molecule has 0 atom stereocenters. The summed E-state index contributed by atoms with van der Waals surface area (Å²) in [5.41, 5.74) is 11.8. The summed E-state index contributed by atoms with van der Waals surface area (Å²) >= 11 is 7.50. The number of fused-ring (bicyclic) bond motifs is 1. The number of rotatable bonds is 7. The summed E-state index contributed by atoms with van der Waals surface area (Å²) in [6.45, 7) is 2.46. The molecule has 2 heterocycles. The lowest BCUT2D eigenvalue weighted by molar-refractivity contribution is 0.0953. The van der Waals surface area contributed by atoms with Crippen molar-refractivity contribution in [2.24, 2.45) is 0 Å². The third kappa shape index (κ3) is 5.05. The van der Waals surface area contributed by atoms with Crippen molar-refractivity contribution >= 4 is 55.6 Å². The number of nitrogens with zero attached hydrogens (tertiary/aromatic N) is 2. The topological polar surface area (TPSA) is 104 Å². The first kappa shape index (κ1) is 25.3. The van der Waals surface area contributed by atoms with E-state index in [4.69, 9.17) is 17.3 Å². The van der Waals surface area contributed by atoms with Crippen molar-refractivity contribution in [3.05, 3.63) is 106 Å². The molecule has 5 aromatic rings. The zero-order valence-corrected chi connectivity index (χ0v) is 22.2. The van der Waals surface area contributed by atoms with Crippen LogP contribution < -0.4 is 16.4 Å². The van der Waals surface area contributed by atoms with E-state index in [0.29, 0.717) is 37.9 Å². The van der Waals surface area contributed by atoms with E-state index < -0.39 is 0 Å². The average molecular weight is 538 g/mol. The lowest BCUT2D eigenvalue weighted by atomic mass is 10.00. The number of carbonyl (C=O) groups excluding carboxylic acids is 1. The van der Waals surface area contributed by atoms with Gasteiger partial charge in [-0.15, -0.1) is 11.3 Å². The number of hydrogen-bond acceptors (Lipinski definition) is 6. The Bertz CT molecular complexity index is 1660. The van der Waals surface area contributed by atoms with Gasteiger partial charge in [-0.1, -0.05) is 73.1 Å². The van der Waals surface area contributed by atoms with Gasteiger partial charge in [0.1, 0.15) is 28.0 Å². The molecule has 6 nitrogen and oxygen atoms in total. The summed E-state index contributed by atoms with van der Waals surface area (Å²) in [7, 11) is 0. The summed E-state index contributed by atoms with van der Waals surface area (Å²) in [5.74, 6) is -0.217. The van der Waals surface area contributed by atoms with Crippen molar-refractivity contribution in [2.45, 2.75) is 19.9 Å². The number of nitrogen functional groups attached to an aromatic ring is 1. The second-order valence-electron chi connectivity index (χ2n) is 8.69. The fourth-order valence-electron chi connectivity index (χ4n) is 4.24. The molecular formula is C30H24ClN5OS. The fourth-order valence-corrected chi connectivity index (χ4v) is 5.60. The Labute approximate surface area is 229 Å². The number of amides is 1. The van der Waals surface area contributed by atoms with Crippen LogP contribution in [-0.4, -0.2) is 10.9 Å². The molecule has 188 valence electrons. The number of nitrogens with one attached hydrogen (secondary N) is 2. The zero-order chi connectivity index (χ0) is 26.6. The van der Waals surface area contributed by atoms with Crippen molar-refractivity contribution < 1.29 is 4.79 Å². The summed E-state index contributed by atoms with van der Waals surface area (Å²) in [6.07, 6.45) is 0.931. The second kappa shape index (κ2) is 10.9. The van der Waals surface area contributed by atoms with Gasteiger partial charge in [0, 0.05) is 22.8 Å². The van der Waals surface area contributed by atoms with Crippen LogP contribution in [0, 0.1) is 11.3 Å². The number of nitrogens with two attached hydrogens (primary N) is 1. The number of carbonyl (C=O) groups is 1. The maximum Gasteiger partial charge on any atom is 0.256 e. The number of hydrogen-bond donors (Lipinski definition) is 3. The molecule has 3 aromatic carbocycles. The van der Waals surface area contributed by atoms with Gasteiger partial charge in [0.05, 0.1) is 10.2 Å². The Morgan fingerprint density at radius 3 is 2.39 bits per heavy atom. The number of benzene rings is 3. The Morgan fingerprint density at radius 2 is 1.74 bits per heavy atom. The fraction of sp³-hybridized carbons (Fsp3) is 0.100. The highest BCUT2D eigenvalue weighted by molar-refractivity contribution is 7.24. The second-order valence-corrected chi connectivity index (χ2v) is 10.2. The Balaban J connectivity index is 1.67. The van der Waals surface area contributed by atoms with E-state index in [1.54, 1.807) is 12.1 Å². The van der Waals surface area contributed by atoms with Gasteiger partial charge in [-0.25, -0.2) is 4.98 Å². The van der Waals surface area contributed by atoms with Crippen LogP contribution in [0.5, 0.6) is 0 Å². The van der Waals surface area contributed by atoms with Gasteiger partial charge in [-0.2, -0.15) is 5.26 Å². The van der Waals surface area contributed by atoms with Crippen molar-refractivity contribution in [1.29, 1.82) is 5.26 Å². The number of aryl methyl sites for hydroxylation is 1. The van der Waals surface area contributed by atoms with E-state index in [2.05, 4.69) is 28.6 Å². The Kier molecular flexibility index (Phi) is 7.27. The Morgan fingerprint density at radius 1 is 1.03 bits per heavy atom. The van der Waals surface area contributed by atoms with Crippen LogP contribution in [0.25, 0.3) is 21.3 Å². The van der Waals surface area contributed by atoms with Gasteiger partial charge < -0.3 is 16.4 Å². The van der Waals surface area contributed by atoms with Crippen LogP contribution in [0.15, 0.2) is 78.9 Å². The number of anilines is 3. The molecule has 2 aromatic heterocycles. The lowest BCUT2D eigenvalue weighted by Crippen LogP contribution is -2.23. The van der Waals surface area contributed by atoms with Crippen molar-refractivity contribution in [2.75, 3.05) is 11.1 Å². The van der Waals surface area contributed by atoms with E-state index in [9.17, 15) is 10.1 Å². The first-order valence-corrected chi connectivity index (χ1v) is 13.3. The normalized spacial score (nSPS) is 10.8. The smallest absolute Gasteiger partial charge is 0.256 e. The molecule has 0 fully saturated rings. The SMILES string of the molecule is CCc1ccc(Nc2sc3c(-c4ccc(Cl)cc4)c(C#N)c(N)nc3c2C(=O)NCc2ccccc2)cc1. The predicted molar refractivity (Wildman–Crippen MR) is 156 cm³/mol. The number of thiophene rings is 1. The standard InChI is InChI=1S/C30H24ClN5OS/c1-2-18-8-14-22(15-9-18)35-30-25(29(37)34-17-19-6-4-3-5-7-19)26-27(38-30)24(23(16-32)28(33)36-26)20-10-12-21(31)13-11-20/h3-15,35H,2,17H2,1H3,(H2,33,36)(H,34,37). The van der Waals surface area contributed by atoms with Crippen molar-refractivity contribution in [3.63, 3.8) is 0 Å². The molecule has 0 aliphatic carbocycles. The maximum atomic E-state index is 13.7. The minimum atomic E-state index is -0.286. The molecule has 0 aliphatic heterocycles. The monoisotopic (exact) mass is 537 g/mol. The van der Waals surface area contributed by atoms with E-state index in [1.807, 2.05) is 66.7 Å². The third-order valence-electron chi connectivity index (χ3n) is 6.24. The molecule has 0 unspecified atom stereocenters. The van der Waals surface area contributed by atoms with Crippen molar-refractivity contribution in [1.82, 2.24) is 10.3 Å². The van der Waals surface area contributed by atoms with Crippen LogP contribution in [0.3, 0.4) is 0 Å². The van der Waals surface area contributed by atoms with E-state index in [-0.39, 0.29) is 17.3 Å². The predicted octanol–water partition coefficient (Wildman–Crippen LogP) is 7.31. The number of halogens is 1. The molecule has 0 saturated carbocycles. The minimum Gasteiger partial charge on any atom is -0.383 e. The van der Waals surface area contributed by atoms with Crippen molar-refractivity contribution in [3.8, 4) is 17.2 Å². The van der Waals surface area contributed by atoms with E-state index in [0.717, 1.165) is 23.2 Å². The molecule has 4 N–H and O–H groups in total. The molecule has 5 rings (SSSR count). The molecular weight excluding hydrogens is 514 g/mol. The Hall–Kier alpha value is -4.38. The van der Waals surface area contributed by atoms with Gasteiger partial charge in [0.15, 0.2) is 0 Å². The maximum absolute atomic E-state index is 13.7. The van der Waals surface area contributed by atoms with Gasteiger partial charge >= 0.3 is 0 Å². The van der Waals surface area contributed by atoms with Crippen LogP contribution in [-0.2, 0) is 13.0 Å². The molecule has 0 aliphatic rings.